The second-order valence-electron chi connectivity index (χ2n) is 9.16. The van der Waals surface area contributed by atoms with Crippen LogP contribution in [-0.2, 0) is 14.1 Å². The largest absolute Gasteiger partial charge is 0.508 e. The van der Waals surface area contributed by atoms with Gasteiger partial charge in [0.25, 0.3) is 5.56 Å². The summed E-state index contributed by atoms with van der Waals surface area (Å²) in [6.07, 6.45) is 0. The zero-order chi connectivity index (χ0) is 25.3. The molecule has 0 radical (unpaired) electrons. The van der Waals surface area contributed by atoms with Crippen LogP contribution in [0.5, 0.6) is 5.75 Å². The number of anilines is 1. The minimum atomic E-state index is -0.585. The molecule has 0 spiro atoms. The number of aryl methyl sites for hydroxylation is 2. The number of hydrogen-bond acceptors (Lipinski definition) is 4. The summed E-state index contributed by atoms with van der Waals surface area (Å²) in [5.74, 6) is 0.0582. The molecule has 1 aliphatic heterocycles. The van der Waals surface area contributed by atoms with Gasteiger partial charge in [0.1, 0.15) is 5.75 Å². The number of aromatic nitrogens is 3. The van der Waals surface area contributed by atoms with Crippen LogP contribution in [0.15, 0.2) is 76.3 Å². The number of aromatic hydroxyl groups is 1. The number of fused-ring (bicyclic) bond motifs is 5. The number of phenolic OH excluding ortho intramolecular Hbond substituents is 1. The first kappa shape index (κ1) is 22.2. The Morgan fingerprint density at radius 3 is 2.42 bits per heavy atom. The van der Waals surface area contributed by atoms with Crippen molar-refractivity contribution in [3.63, 3.8) is 0 Å². The first-order valence-electron chi connectivity index (χ1n) is 11.5. The summed E-state index contributed by atoms with van der Waals surface area (Å²) in [5.41, 5.74) is 5.21. The van der Waals surface area contributed by atoms with Gasteiger partial charge in [0.2, 0.25) is 0 Å². The molecular formula is C28H23ClN4O3. The van der Waals surface area contributed by atoms with Crippen molar-refractivity contribution < 1.29 is 5.11 Å². The van der Waals surface area contributed by atoms with Gasteiger partial charge in [-0.05, 0) is 42.8 Å². The summed E-state index contributed by atoms with van der Waals surface area (Å²) in [6.45, 7) is 2.01. The molecule has 0 fully saturated rings. The van der Waals surface area contributed by atoms with E-state index in [-0.39, 0.29) is 11.3 Å². The fourth-order valence-electron chi connectivity index (χ4n) is 5.19. The number of rotatable bonds is 2. The Morgan fingerprint density at radius 1 is 0.944 bits per heavy atom. The molecule has 180 valence electrons. The number of nitrogens with zero attached hydrogens (tertiary/aromatic N) is 3. The number of para-hydroxylation sites is 2. The minimum absolute atomic E-state index is 0.0582. The Bertz CT molecular complexity index is 1810. The van der Waals surface area contributed by atoms with Crippen molar-refractivity contribution in [2.24, 2.45) is 14.1 Å². The van der Waals surface area contributed by atoms with Gasteiger partial charge in [-0.1, -0.05) is 53.6 Å². The Morgan fingerprint density at radius 2 is 1.67 bits per heavy atom. The van der Waals surface area contributed by atoms with Crippen molar-refractivity contribution >= 4 is 28.2 Å². The van der Waals surface area contributed by atoms with E-state index in [1.54, 1.807) is 25.2 Å². The molecule has 3 aromatic carbocycles. The first-order valence-corrected chi connectivity index (χ1v) is 11.9. The summed E-state index contributed by atoms with van der Waals surface area (Å²) in [5, 5.41) is 15.3. The lowest BCUT2D eigenvalue weighted by atomic mass is 9.98. The standard InChI is InChI=1S/C28H23ClN4O3/c1-15-8-10-16(11-9-15)24-22-25(31(2)28(36)32(3)27(22)35)26-23(18-14-17(29)12-13-21(18)34)30-19-6-4-5-7-20(19)33(24)26/h4-14,23,30,34H,1-3H3/t23-/m0/s1. The van der Waals surface area contributed by atoms with Gasteiger partial charge >= 0.3 is 5.69 Å². The summed E-state index contributed by atoms with van der Waals surface area (Å²) < 4.78 is 4.68. The molecule has 6 rings (SSSR count). The Kier molecular flexibility index (Phi) is 4.88. The van der Waals surface area contributed by atoms with Crippen molar-refractivity contribution in [1.29, 1.82) is 0 Å². The second-order valence-corrected chi connectivity index (χ2v) is 9.60. The van der Waals surface area contributed by atoms with Gasteiger partial charge in [0.15, 0.2) is 0 Å². The van der Waals surface area contributed by atoms with Crippen molar-refractivity contribution in [3.8, 4) is 22.7 Å². The summed E-state index contributed by atoms with van der Waals surface area (Å²) in [4.78, 5) is 26.8. The molecule has 8 heteroatoms. The van der Waals surface area contributed by atoms with Gasteiger partial charge in [0.05, 0.1) is 39.7 Å². The molecule has 5 aromatic rings. The highest BCUT2D eigenvalue weighted by atomic mass is 35.5. The molecule has 3 heterocycles. The lowest BCUT2D eigenvalue weighted by molar-refractivity contribution is 0.466. The lowest BCUT2D eigenvalue weighted by Gasteiger charge is -2.31. The quantitative estimate of drug-likeness (QED) is 0.363. The van der Waals surface area contributed by atoms with Crippen LogP contribution >= 0.6 is 11.6 Å². The number of phenols is 1. The van der Waals surface area contributed by atoms with Gasteiger partial charge < -0.3 is 15.0 Å². The second kappa shape index (κ2) is 7.90. The summed E-state index contributed by atoms with van der Waals surface area (Å²) in [7, 11) is 3.16. The fourth-order valence-corrected chi connectivity index (χ4v) is 5.37. The van der Waals surface area contributed by atoms with E-state index in [1.807, 2.05) is 60.0 Å². The molecule has 1 atom stereocenters. The molecule has 0 aliphatic carbocycles. The molecule has 2 aromatic heterocycles. The van der Waals surface area contributed by atoms with Gasteiger partial charge in [-0.15, -0.1) is 0 Å². The smallest absolute Gasteiger partial charge is 0.331 e. The third-order valence-corrected chi connectivity index (χ3v) is 7.19. The number of halogens is 1. The van der Waals surface area contributed by atoms with Crippen LogP contribution in [0.1, 0.15) is 22.9 Å². The van der Waals surface area contributed by atoms with Gasteiger partial charge in [-0.2, -0.15) is 0 Å². The van der Waals surface area contributed by atoms with E-state index in [4.69, 9.17) is 11.6 Å². The molecule has 7 nitrogen and oxygen atoms in total. The third kappa shape index (κ3) is 3.06. The molecular weight excluding hydrogens is 476 g/mol. The van der Waals surface area contributed by atoms with E-state index in [2.05, 4.69) is 5.32 Å². The maximum Gasteiger partial charge on any atom is 0.331 e. The monoisotopic (exact) mass is 498 g/mol. The van der Waals surface area contributed by atoms with Gasteiger partial charge in [-0.3, -0.25) is 13.9 Å². The highest BCUT2D eigenvalue weighted by Crippen LogP contribution is 2.47. The molecule has 0 unspecified atom stereocenters. The maximum atomic E-state index is 13.7. The van der Waals surface area contributed by atoms with E-state index in [0.29, 0.717) is 32.9 Å². The van der Waals surface area contributed by atoms with E-state index >= 15 is 0 Å². The molecule has 36 heavy (non-hydrogen) atoms. The van der Waals surface area contributed by atoms with Gasteiger partial charge in [-0.25, -0.2) is 4.79 Å². The third-order valence-electron chi connectivity index (χ3n) is 6.95. The highest BCUT2D eigenvalue weighted by Gasteiger charge is 2.35. The van der Waals surface area contributed by atoms with Crippen molar-refractivity contribution in [2.75, 3.05) is 5.32 Å². The average molecular weight is 499 g/mol. The van der Waals surface area contributed by atoms with E-state index in [1.165, 1.54) is 11.6 Å². The van der Waals surface area contributed by atoms with Crippen LogP contribution in [0.25, 0.3) is 27.8 Å². The Hall–Kier alpha value is -4.23. The maximum absolute atomic E-state index is 13.7. The zero-order valence-corrected chi connectivity index (χ0v) is 20.7. The van der Waals surface area contributed by atoms with Crippen LogP contribution in [0.4, 0.5) is 5.69 Å². The lowest BCUT2D eigenvalue weighted by Crippen LogP contribution is -2.37. The summed E-state index contributed by atoms with van der Waals surface area (Å²) >= 11 is 6.35. The molecule has 2 N–H and O–H groups in total. The highest BCUT2D eigenvalue weighted by molar-refractivity contribution is 6.30. The molecule has 0 bridgehead atoms. The number of nitrogens with one attached hydrogen (secondary N) is 1. The first-order chi connectivity index (χ1) is 17.3. The topological polar surface area (TPSA) is 81.2 Å². The van der Waals surface area contributed by atoms with Crippen LogP contribution in [0, 0.1) is 6.92 Å². The molecule has 0 saturated heterocycles. The van der Waals surface area contributed by atoms with E-state index < -0.39 is 11.7 Å². The van der Waals surface area contributed by atoms with Crippen LogP contribution in [-0.4, -0.2) is 18.8 Å². The fraction of sp³-hybridized carbons (Fsp3) is 0.143. The minimum Gasteiger partial charge on any atom is -0.508 e. The Labute approximate surface area is 211 Å². The molecule has 0 saturated carbocycles. The van der Waals surface area contributed by atoms with Gasteiger partial charge in [0, 0.05) is 24.7 Å². The summed E-state index contributed by atoms with van der Waals surface area (Å²) in [6, 6.07) is 20.0. The zero-order valence-electron chi connectivity index (χ0n) is 19.9. The van der Waals surface area contributed by atoms with Crippen LogP contribution < -0.4 is 16.6 Å². The number of hydrogen-bond donors (Lipinski definition) is 2. The van der Waals surface area contributed by atoms with Crippen molar-refractivity contribution in [3.05, 3.63) is 109 Å². The van der Waals surface area contributed by atoms with E-state index in [9.17, 15) is 14.7 Å². The van der Waals surface area contributed by atoms with E-state index in [0.717, 1.165) is 27.1 Å². The predicted molar refractivity (Wildman–Crippen MR) is 143 cm³/mol. The molecule has 1 aliphatic rings. The van der Waals surface area contributed by atoms with Crippen molar-refractivity contribution in [2.45, 2.75) is 13.0 Å². The van der Waals surface area contributed by atoms with Crippen molar-refractivity contribution in [1.82, 2.24) is 13.7 Å². The average Bonchev–Trinajstić information content (AvgIpc) is 3.24. The SMILES string of the molecule is Cc1ccc(-c2c3c(=O)n(C)c(=O)n(C)c3c3n2-c2ccccc2N[C@H]3c2cc(Cl)ccc2O)cc1. The number of benzene rings is 3. The Balaban J connectivity index is 1.87. The molecule has 0 amide bonds. The predicted octanol–water partition coefficient (Wildman–Crippen LogP) is 4.88. The van der Waals surface area contributed by atoms with Crippen LogP contribution in [0.2, 0.25) is 5.02 Å². The normalized spacial score (nSPS) is 14.4. The van der Waals surface area contributed by atoms with Crippen LogP contribution in [0.3, 0.4) is 0 Å².